The quantitative estimate of drug-likeness (QED) is 0.309. The second-order valence-electron chi connectivity index (χ2n) is 8.79. The van der Waals surface area contributed by atoms with Crippen molar-refractivity contribution in [1.82, 2.24) is 0 Å². The van der Waals surface area contributed by atoms with Crippen LogP contribution in [-0.2, 0) is 53.4 Å². The molecule has 1 aromatic carbocycles. The molecule has 1 fully saturated rings. The van der Waals surface area contributed by atoms with E-state index in [0.717, 1.165) is 24.6 Å². The summed E-state index contributed by atoms with van der Waals surface area (Å²) in [4.78, 5) is 48.8. The van der Waals surface area contributed by atoms with Gasteiger partial charge in [-0.25, -0.2) is 0 Å². The van der Waals surface area contributed by atoms with Gasteiger partial charge in [0.25, 0.3) is 0 Å². The zero-order valence-corrected chi connectivity index (χ0v) is 25.3. The molecule has 2 aromatic rings. The number of ether oxygens (including phenoxy) is 6. The van der Waals surface area contributed by atoms with E-state index in [4.69, 9.17) is 40.0 Å². The molecule has 218 valence electrons. The van der Waals surface area contributed by atoms with Crippen LogP contribution in [0.3, 0.4) is 0 Å². The van der Waals surface area contributed by atoms with Crippen molar-refractivity contribution in [3.8, 4) is 0 Å². The van der Waals surface area contributed by atoms with E-state index in [0.29, 0.717) is 4.88 Å². The average molecular weight is 664 g/mol. The molecule has 1 aliphatic heterocycles. The summed E-state index contributed by atoms with van der Waals surface area (Å²) in [5.41, 5.74) is 0.486. The second-order valence-corrected chi connectivity index (χ2v) is 11.7. The van der Waals surface area contributed by atoms with Gasteiger partial charge in [0.05, 0.1) is 3.79 Å². The highest BCUT2D eigenvalue weighted by Crippen LogP contribution is 2.45. The molecule has 0 bridgehead atoms. The first-order chi connectivity index (χ1) is 18.8. The molecule has 0 aliphatic carbocycles. The Hall–Kier alpha value is -2.55. The standard InChI is InChI=1S/C26H28BrClO11S/c1-12(29)35-11-19-23(36-13(2)30)24(37-14(3)31)25(38-15(4)32)26(34-5,39-19)16-6-7-18(28)17(10-16)22(33)20-8-9-21(27)40-20/h6-10,19,22-25,33H,11H2,1-5H3/t19-,22?,23-,24+,25+,26?/m1/s1. The summed E-state index contributed by atoms with van der Waals surface area (Å²) in [6, 6.07) is 8.01. The largest absolute Gasteiger partial charge is 0.463 e. The van der Waals surface area contributed by atoms with Gasteiger partial charge in [-0.05, 0) is 40.2 Å². The van der Waals surface area contributed by atoms with Gasteiger partial charge in [0.1, 0.15) is 18.8 Å². The Morgan fingerprint density at radius 3 is 2.15 bits per heavy atom. The third-order valence-corrected chi connectivity index (χ3v) is 7.92. The highest BCUT2D eigenvalue weighted by atomic mass is 79.9. The molecule has 1 N–H and O–H groups in total. The fourth-order valence-corrected chi connectivity index (χ4v) is 6.03. The van der Waals surface area contributed by atoms with Crippen LogP contribution in [0.4, 0.5) is 0 Å². The number of thiophene rings is 1. The van der Waals surface area contributed by atoms with Crippen LogP contribution in [0.25, 0.3) is 0 Å². The first kappa shape index (κ1) is 32.0. The van der Waals surface area contributed by atoms with Crippen molar-refractivity contribution in [1.29, 1.82) is 0 Å². The molecular weight excluding hydrogens is 636 g/mol. The number of carbonyl (C=O) groups excluding carboxylic acids is 4. The van der Waals surface area contributed by atoms with Crippen molar-refractivity contribution in [2.24, 2.45) is 0 Å². The maximum atomic E-state index is 12.3. The monoisotopic (exact) mass is 662 g/mol. The molecule has 14 heteroatoms. The predicted molar refractivity (Wildman–Crippen MR) is 144 cm³/mol. The van der Waals surface area contributed by atoms with Crippen molar-refractivity contribution >= 4 is 62.7 Å². The highest BCUT2D eigenvalue weighted by molar-refractivity contribution is 9.11. The third-order valence-electron chi connectivity index (χ3n) is 5.90. The normalized spacial score (nSPS) is 25.0. The zero-order chi connectivity index (χ0) is 29.8. The van der Waals surface area contributed by atoms with Crippen LogP contribution in [0.15, 0.2) is 34.1 Å². The van der Waals surface area contributed by atoms with Crippen LogP contribution < -0.4 is 0 Å². The van der Waals surface area contributed by atoms with Crippen LogP contribution in [0.2, 0.25) is 5.02 Å². The Kier molecular flexibility index (Phi) is 10.7. The summed E-state index contributed by atoms with van der Waals surface area (Å²) in [5.74, 6) is -5.00. The van der Waals surface area contributed by atoms with Gasteiger partial charge in [0, 0.05) is 55.8 Å². The van der Waals surface area contributed by atoms with E-state index in [9.17, 15) is 24.3 Å². The number of benzene rings is 1. The van der Waals surface area contributed by atoms with Gasteiger partial charge >= 0.3 is 23.9 Å². The molecule has 0 radical (unpaired) electrons. The lowest BCUT2D eigenvalue weighted by Gasteiger charge is -2.50. The van der Waals surface area contributed by atoms with Crippen LogP contribution in [-0.4, -0.2) is 67.1 Å². The van der Waals surface area contributed by atoms with Gasteiger partial charge in [-0.2, -0.15) is 0 Å². The fraction of sp³-hybridized carbons (Fsp3) is 0.462. The molecule has 0 saturated carbocycles. The molecule has 2 heterocycles. The van der Waals surface area contributed by atoms with Crippen LogP contribution in [0, 0.1) is 0 Å². The summed E-state index contributed by atoms with van der Waals surface area (Å²) in [7, 11) is 1.26. The van der Waals surface area contributed by atoms with Crippen molar-refractivity contribution in [2.45, 2.75) is 64.0 Å². The summed E-state index contributed by atoms with van der Waals surface area (Å²) in [6.07, 6.45) is -6.76. The second kappa shape index (κ2) is 13.4. The number of rotatable bonds is 9. The third kappa shape index (κ3) is 7.20. The van der Waals surface area contributed by atoms with Gasteiger partial charge < -0.3 is 33.5 Å². The molecule has 3 rings (SSSR count). The van der Waals surface area contributed by atoms with Crippen molar-refractivity contribution < 1.29 is 52.7 Å². The van der Waals surface area contributed by atoms with E-state index in [2.05, 4.69) is 15.9 Å². The van der Waals surface area contributed by atoms with Crippen molar-refractivity contribution in [3.63, 3.8) is 0 Å². The summed E-state index contributed by atoms with van der Waals surface area (Å²) in [6.45, 7) is 4.12. The van der Waals surface area contributed by atoms with E-state index in [1.807, 2.05) is 0 Å². The lowest BCUT2D eigenvalue weighted by Crippen LogP contribution is -2.67. The van der Waals surface area contributed by atoms with E-state index >= 15 is 0 Å². The van der Waals surface area contributed by atoms with Crippen LogP contribution in [0.5, 0.6) is 0 Å². The number of hydrogen-bond acceptors (Lipinski definition) is 12. The summed E-state index contributed by atoms with van der Waals surface area (Å²) >= 11 is 11.1. The zero-order valence-electron chi connectivity index (χ0n) is 22.2. The molecule has 2 unspecified atom stereocenters. The minimum Gasteiger partial charge on any atom is -0.463 e. The Labute approximate surface area is 247 Å². The van der Waals surface area contributed by atoms with Crippen molar-refractivity contribution in [3.05, 3.63) is 55.1 Å². The van der Waals surface area contributed by atoms with E-state index in [1.165, 1.54) is 43.6 Å². The van der Waals surface area contributed by atoms with Gasteiger partial charge in [0.2, 0.25) is 11.9 Å². The van der Waals surface area contributed by atoms with E-state index in [-0.39, 0.29) is 16.1 Å². The van der Waals surface area contributed by atoms with E-state index < -0.39 is 66.8 Å². The number of hydrogen-bond donors (Lipinski definition) is 1. The Morgan fingerprint density at radius 2 is 1.62 bits per heavy atom. The number of aliphatic hydroxyl groups is 1. The minimum absolute atomic E-state index is 0.210. The molecule has 6 atom stereocenters. The number of aliphatic hydroxyl groups excluding tert-OH is 1. The number of methoxy groups -OCH3 is 1. The maximum Gasteiger partial charge on any atom is 0.303 e. The highest BCUT2D eigenvalue weighted by Gasteiger charge is 2.61. The van der Waals surface area contributed by atoms with Gasteiger partial charge in [-0.15, -0.1) is 11.3 Å². The topological polar surface area (TPSA) is 144 Å². The molecule has 1 aliphatic rings. The number of halogens is 2. The molecule has 40 heavy (non-hydrogen) atoms. The molecule has 0 amide bonds. The molecule has 11 nitrogen and oxygen atoms in total. The van der Waals surface area contributed by atoms with Crippen LogP contribution in [0.1, 0.15) is 49.8 Å². The SMILES string of the molecule is COC1(c2ccc(Cl)c(C(O)c3ccc(Br)s3)c2)O[C@H](COC(C)=O)[C@@H](OC(C)=O)[C@H](OC(C)=O)[C@@H]1OC(C)=O. The predicted octanol–water partition coefficient (Wildman–Crippen LogP) is 3.80. The fourth-order valence-electron chi connectivity index (χ4n) is 4.38. The van der Waals surface area contributed by atoms with Gasteiger partial charge in [0.15, 0.2) is 12.2 Å². The minimum atomic E-state index is -2.01. The molecular formula is C26H28BrClO11S. The molecule has 0 spiro atoms. The van der Waals surface area contributed by atoms with Crippen molar-refractivity contribution in [2.75, 3.05) is 13.7 Å². The Balaban J connectivity index is 2.23. The Bertz CT molecular complexity index is 1270. The van der Waals surface area contributed by atoms with E-state index in [1.54, 1.807) is 12.1 Å². The smallest absolute Gasteiger partial charge is 0.303 e. The maximum absolute atomic E-state index is 12.3. The number of carbonyl (C=O) groups is 4. The first-order valence-electron chi connectivity index (χ1n) is 11.9. The lowest BCUT2D eigenvalue weighted by atomic mass is 9.86. The van der Waals surface area contributed by atoms with Gasteiger partial charge in [-0.1, -0.05) is 17.7 Å². The summed E-state index contributed by atoms with van der Waals surface area (Å²) in [5, 5.41) is 11.4. The summed E-state index contributed by atoms with van der Waals surface area (Å²) < 4.78 is 34.7. The average Bonchev–Trinajstić information content (AvgIpc) is 3.31. The number of esters is 4. The lowest BCUT2D eigenvalue weighted by molar-refractivity contribution is -0.367. The Morgan fingerprint density at radius 1 is 1.00 bits per heavy atom. The molecule has 1 aromatic heterocycles. The van der Waals surface area contributed by atoms with Crippen LogP contribution >= 0.6 is 38.9 Å². The van der Waals surface area contributed by atoms with Gasteiger partial charge in [-0.3, -0.25) is 19.2 Å². The molecule has 1 saturated heterocycles. The first-order valence-corrected chi connectivity index (χ1v) is 13.9.